The van der Waals surface area contributed by atoms with Crippen LogP contribution in [0.5, 0.6) is 5.75 Å². The zero-order valence-electron chi connectivity index (χ0n) is 30.1. The van der Waals surface area contributed by atoms with Gasteiger partial charge in [0.25, 0.3) is 5.91 Å². The average Bonchev–Trinajstić information content (AvgIpc) is 3.81. The number of benzene rings is 2. The van der Waals surface area contributed by atoms with Crippen LogP contribution in [-0.4, -0.2) is 87.5 Å². The molecular formula is C39H51ClN4O6S. The maximum absolute atomic E-state index is 14.1. The second-order valence-corrected chi connectivity index (χ2v) is 15.1. The van der Waals surface area contributed by atoms with Gasteiger partial charge in [-0.05, 0) is 55.9 Å². The number of β-amino-alcohol motifs (C(OH)–C–C–N with tert-alkyl or cyclic N) is 1. The quantitative estimate of drug-likeness (QED) is 0.115. The van der Waals surface area contributed by atoms with Crippen LogP contribution in [0.15, 0.2) is 48.0 Å². The Morgan fingerprint density at radius 1 is 1.10 bits per heavy atom. The summed E-state index contributed by atoms with van der Waals surface area (Å²) in [5, 5.41) is 13.7. The normalized spacial score (nSPS) is 18.3. The van der Waals surface area contributed by atoms with E-state index in [2.05, 4.69) is 10.3 Å². The lowest BCUT2D eigenvalue weighted by Crippen LogP contribution is -2.55. The highest BCUT2D eigenvalue weighted by Crippen LogP contribution is 2.33. The summed E-state index contributed by atoms with van der Waals surface area (Å²) in [7, 11) is 0. The van der Waals surface area contributed by atoms with Crippen LogP contribution < -0.4 is 10.1 Å². The summed E-state index contributed by atoms with van der Waals surface area (Å²) in [4.78, 5) is 49.8. The Labute approximate surface area is 310 Å². The van der Waals surface area contributed by atoms with Crippen molar-refractivity contribution in [2.24, 2.45) is 5.92 Å². The molecule has 0 saturated carbocycles. The summed E-state index contributed by atoms with van der Waals surface area (Å²) >= 11 is 7.32. The first-order chi connectivity index (χ1) is 24.6. The molecule has 2 N–H and O–H groups in total. The van der Waals surface area contributed by atoms with E-state index in [1.807, 2.05) is 69.6 Å². The minimum Gasteiger partial charge on any atom is -0.490 e. The number of aryl methyl sites for hydroxylation is 1. The van der Waals surface area contributed by atoms with Gasteiger partial charge in [-0.25, -0.2) is 4.98 Å². The second-order valence-electron chi connectivity index (χ2n) is 13.9. The fourth-order valence-corrected chi connectivity index (χ4v) is 7.86. The molecule has 2 aromatic carbocycles. The number of thiazole rings is 1. The standard InChI is InChI=1S/C39H51ClN4O6S/c1-25(2)35(44-22-30-11-7-8-12-32(30)38(44)47)39(48)43-23-31(45)20-33(43)37(46)41-21-29-14-13-28(36-27(4)42-24-51-36)19-34(29)50-26(3)15-18-49-17-10-6-5-9-16-40/h7-8,11-14,19,24-26,31,33,35,45H,5-6,9-10,15-18,20-23H2,1-4H3,(H,41,46)/t26?,31-,33+,35+/m1/s1. The number of amides is 3. The largest absolute Gasteiger partial charge is 0.490 e. The molecule has 0 aliphatic carbocycles. The molecule has 51 heavy (non-hydrogen) atoms. The maximum atomic E-state index is 14.1. The van der Waals surface area contributed by atoms with E-state index in [4.69, 9.17) is 21.1 Å². The van der Waals surface area contributed by atoms with Crippen LogP contribution in [0.25, 0.3) is 10.4 Å². The highest BCUT2D eigenvalue weighted by atomic mass is 35.5. The number of nitrogens with zero attached hydrogens (tertiary/aromatic N) is 3. The summed E-state index contributed by atoms with van der Waals surface area (Å²) in [6.07, 6.45) is 4.10. The Hall–Kier alpha value is -3.51. The van der Waals surface area contributed by atoms with E-state index < -0.39 is 18.2 Å². The van der Waals surface area contributed by atoms with Gasteiger partial charge in [-0.2, -0.15) is 0 Å². The molecule has 2 aliphatic rings. The summed E-state index contributed by atoms with van der Waals surface area (Å²) in [5.41, 5.74) is 6.00. The van der Waals surface area contributed by atoms with Gasteiger partial charge in [0.1, 0.15) is 17.8 Å². The summed E-state index contributed by atoms with van der Waals surface area (Å²) in [6, 6.07) is 11.7. The van der Waals surface area contributed by atoms with Crippen molar-refractivity contribution in [3.8, 4) is 16.2 Å². The average molecular weight is 739 g/mol. The zero-order chi connectivity index (χ0) is 36.5. The molecule has 3 amide bonds. The van der Waals surface area contributed by atoms with Crippen LogP contribution in [0, 0.1) is 12.8 Å². The lowest BCUT2D eigenvalue weighted by atomic mass is 10.0. The van der Waals surface area contributed by atoms with Crippen molar-refractivity contribution in [1.29, 1.82) is 0 Å². The van der Waals surface area contributed by atoms with Gasteiger partial charge in [-0.15, -0.1) is 22.9 Å². The molecule has 0 spiro atoms. The number of alkyl halides is 1. The van der Waals surface area contributed by atoms with E-state index in [0.29, 0.717) is 43.4 Å². The van der Waals surface area contributed by atoms with E-state index >= 15 is 0 Å². The number of unbranched alkanes of at least 4 members (excludes halogenated alkanes) is 3. The number of likely N-dealkylation sites (tertiary alicyclic amines) is 1. The molecule has 3 heterocycles. The molecule has 1 saturated heterocycles. The summed E-state index contributed by atoms with van der Waals surface area (Å²) < 4.78 is 12.3. The van der Waals surface area contributed by atoms with E-state index in [1.54, 1.807) is 22.3 Å². The van der Waals surface area contributed by atoms with Gasteiger partial charge in [-0.3, -0.25) is 14.4 Å². The molecule has 4 atom stereocenters. The lowest BCUT2D eigenvalue weighted by Gasteiger charge is -2.35. The first kappa shape index (κ1) is 38.7. The Bertz CT molecular complexity index is 1650. The Morgan fingerprint density at radius 3 is 2.61 bits per heavy atom. The number of hydrogen-bond donors (Lipinski definition) is 2. The monoisotopic (exact) mass is 738 g/mol. The molecule has 10 nitrogen and oxygen atoms in total. The predicted octanol–water partition coefficient (Wildman–Crippen LogP) is 6.35. The minimum absolute atomic E-state index is 0.0272. The number of hydrogen-bond acceptors (Lipinski definition) is 8. The third-order valence-electron chi connectivity index (χ3n) is 9.63. The first-order valence-electron chi connectivity index (χ1n) is 18.1. The molecular weight excluding hydrogens is 688 g/mol. The van der Waals surface area contributed by atoms with Crippen molar-refractivity contribution in [2.75, 3.05) is 25.6 Å². The maximum Gasteiger partial charge on any atom is 0.255 e. The van der Waals surface area contributed by atoms with Gasteiger partial charge < -0.3 is 29.7 Å². The number of aliphatic hydroxyl groups is 1. The number of nitrogens with one attached hydrogen (secondary N) is 1. The Morgan fingerprint density at radius 2 is 1.88 bits per heavy atom. The van der Waals surface area contributed by atoms with Gasteiger partial charge in [0.05, 0.1) is 34.9 Å². The number of rotatable bonds is 18. The van der Waals surface area contributed by atoms with Crippen molar-refractivity contribution in [3.05, 3.63) is 70.4 Å². The molecule has 0 bridgehead atoms. The van der Waals surface area contributed by atoms with Gasteiger partial charge in [-0.1, -0.05) is 57.0 Å². The van der Waals surface area contributed by atoms with Crippen molar-refractivity contribution >= 4 is 40.7 Å². The number of ether oxygens (including phenoxy) is 2. The van der Waals surface area contributed by atoms with E-state index in [-0.39, 0.29) is 49.3 Å². The van der Waals surface area contributed by atoms with Crippen molar-refractivity contribution in [3.63, 3.8) is 0 Å². The van der Waals surface area contributed by atoms with Crippen LogP contribution in [0.1, 0.15) is 86.5 Å². The number of aliphatic hydroxyl groups excluding tert-OH is 1. The molecule has 12 heteroatoms. The smallest absolute Gasteiger partial charge is 0.255 e. The number of fused-ring (bicyclic) bond motifs is 1. The Kier molecular flexibility index (Phi) is 13.9. The van der Waals surface area contributed by atoms with E-state index in [0.717, 1.165) is 52.9 Å². The van der Waals surface area contributed by atoms with E-state index in [1.165, 1.54) is 4.90 Å². The molecule has 1 unspecified atom stereocenters. The van der Waals surface area contributed by atoms with Crippen LogP contribution in [0.4, 0.5) is 0 Å². The highest BCUT2D eigenvalue weighted by Gasteiger charge is 2.45. The molecule has 0 radical (unpaired) electrons. The van der Waals surface area contributed by atoms with Crippen LogP contribution in [0.2, 0.25) is 0 Å². The molecule has 276 valence electrons. The SMILES string of the molecule is Cc1ncsc1-c1ccc(CNC(=O)[C@@H]2C[C@@H](O)CN2C(=O)[C@H](C(C)C)N2Cc3ccccc3C2=O)c(OC(C)CCOCCCCCCCl)c1. The minimum atomic E-state index is -0.872. The van der Waals surface area contributed by atoms with Crippen LogP contribution >= 0.6 is 22.9 Å². The number of carbonyl (C=O) groups excluding carboxylic acids is 3. The van der Waals surface area contributed by atoms with Gasteiger partial charge >= 0.3 is 0 Å². The van der Waals surface area contributed by atoms with Crippen LogP contribution in [-0.2, 0) is 27.4 Å². The molecule has 1 aromatic heterocycles. The first-order valence-corrected chi connectivity index (χ1v) is 19.5. The zero-order valence-corrected chi connectivity index (χ0v) is 31.7. The summed E-state index contributed by atoms with van der Waals surface area (Å²) in [6.45, 7) is 9.60. The van der Waals surface area contributed by atoms with Crippen LogP contribution in [0.3, 0.4) is 0 Å². The lowest BCUT2D eigenvalue weighted by molar-refractivity contribution is -0.143. The number of carbonyl (C=O) groups is 3. The van der Waals surface area contributed by atoms with E-state index in [9.17, 15) is 19.5 Å². The molecule has 1 fully saturated rings. The summed E-state index contributed by atoms with van der Waals surface area (Å²) in [5.74, 6) is 0.263. The molecule has 2 aliphatic heterocycles. The van der Waals surface area contributed by atoms with Gasteiger partial charge in [0.15, 0.2) is 0 Å². The highest BCUT2D eigenvalue weighted by molar-refractivity contribution is 7.13. The molecule has 3 aromatic rings. The number of halogens is 1. The third kappa shape index (κ3) is 9.68. The third-order valence-corrected chi connectivity index (χ3v) is 10.9. The topological polar surface area (TPSA) is 121 Å². The van der Waals surface area contributed by atoms with Crippen molar-refractivity contribution < 1.29 is 29.0 Å². The fourth-order valence-electron chi connectivity index (χ4n) is 6.87. The predicted molar refractivity (Wildman–Crippen MR) is 200 cm³/mol. The molecule has 5 rings (SSSR count). The van der Waals surface area contributed by atoms with Gasteiger partial charge in [0, 0.05) is 56.1 Å². The van der Waals surface area contributed by atoms with Gasteiger partial charge in [0.2, 0.25) is 11.8 Å². The second kappa shape index (κ2) is 18.3. The van der Waals surface area contributed by atoms with Crippen molar-refractivity contribution in [1.82, 2.24) is 20.1 Å². The number of aromatic nitrogens is 1. The van der Waals surface area contributed by atoms with Crippen molar-refractivity contribution in [2.45, 2.75) is 104 Å². The fraction of sp³-hybridized carbons (Fsp3) is 0.538. The Balaban J connectivity index is 1.25.